The molecule has 9 heteroatoms. The number of hydrogen-bond donors (Lipinski definition) is 1. The lowest BCUT2D eigenvalue weighted by molar-refractivity contribution is -0.133. The maximum Gasteiger partial charge on any atom is 0.313 e. The van der Waals surface area contributed by atoms with E-state index in [1.807, 2.05) is 18.9 Å². The smallest absolute Gasteiger partial charge is 0.313 e. The number of carbonyl (C=O) groups is 1. The van der Waals surface area contributed by atoms with Crippen LogP contribution in [0.4, 0.5) is 5.95 Å². The van der Waals surface area contributed by atoms with Crippen molar-refractivity contribution in [2.45, 2.75) is 18.1 Å². The van der Waals surface area contributed by atoms with E-state index in [1.54, 1.807) is 18.8 Å². The Morgan fingerprint density at radius 1 is 1.43 bits per heavy atom. The molecule has 0 aliphatic rings. The van der Waals surface area contributed by atoms with Crippen LogP contribution in [0.5, 0.6) is 0 Å². The molecule has 0 radical (unpaired) electrons. The number of aromatic nitrogens is 3. The molecular formula is C12H22N4O4S. The highest BCUT2D eigenvalue weighted by Gasteiger charge is 2.21. The molecule has 1 rings (SSSR count). The molecule has 0 aromatic carbocycles. The van der Waals surface area contributed by atoms with E-state index in [2.05, 4.69) is 10.2 Å². The number of methoxy groups -OCH3 is 2. The van der Waals surface area contributed by atoms with Crippen molar-refractivity contribution < 1.29 is 19.4 Å². The van der Waals surface area contributed by atoms with Gasteiger partial charge in [0.1, 0.15) is 0 Å². The number of carboxylic acids is 1. The highest BCUT2D eigenvalue weighted by atomic mass is 32.2. The topological polar surface area (TPSA) is 89.7 Å². The first kappa shape index (κ1) is 17.7. The first-order valence-electron chi connectivity index (χ1n) is 6.49. The number of aliphatic carboxylic acids is 1. The molecule has 0 amide bonds. The first-order chi connectivity index (χ1) is 10.0. The maximum absolute atomic E-state index is 10.6. The lowest BCUT2D eigenvalue weighted by atomic mass is 10.3. The minimum atomic E-state index is -0.881. The van der Waals surface area contributed by atoms with Crippen LogP contribution >= 0.6 is 11.8 Å². The Balaban J connectivity index is 2.88. The molecule has 1 aromatic heterocycles. The second-order valence-corrected chi connectivity index (χ2v) is 5.46. The Morgan fingerprint density at radius 2 is 2.14 bits per heavy atom. The molecule has 21 heavy (non-hydrogen) atoms. The number of rotatable bonds is 10. The summed E-state index contributed by atoms with van der Waals surface area (Å²) in [6.45, 7) is 3.78. The Morgan fingerprint density at radius 3 is 2.71 bits per heavy atom. The van der Waals surface area contributed by atoms with Crippen molar-refractivity contribution in [2.75, 3.05) is 44.6 Å². The molecule has 0 saturated heterocycles. The summed E-state index contributed by atoms with van der Waals surface area (Å²) in [4.78, 5) is 12.7. The fourth-order valence-corrected chi connectivity index (χ4v) is 2.47. The van der Waals surface area contributed by atoms with Gasteiger partial charge in [-0.1, -0.05) is 11.8 Å². The quantitative estimate of drug-likeness (QED) is 0.623. The molecule has 1 N–H and O–H groups in total. The highest BCUT2D eigenvalue weighted by Crippen LogP contribution is 2.21. The van der Waals surface area contributed by atoms with Crippen molar-refractivity contribution in [1.29, 1.82) is 0 Å². The summed E-state index contributed by atoms with van der Waals surface area (Å²) in [6, 6.07) is 0.102. The van der Waals surface area contributed by atoms with Crippen molar-refractivity contribution in [1.82, 2.24) is 14.8 Å². The van der Waals surface area contributed by atoms with Crippen LogP contribution < -0.4 is 4.90 Å². The van der Waals surface area contributed by atoms with Gasteiger partial charge in [0.25, 0.3) is 0 Å². The number of carboxylic acid groups (broad SMARTS) is 1. The average molecular weight is 318 g/mol. The molecule has 8 nitrogen and oxygen atoms in total. The van der Waals surface area contributed by atoms with Crippen LogP contribution in [0.1, 0.15) is 6.92 Å². The Labute approximate surface area is 128 Å². The van der Waals surface area contributed by atoms with Crippen LogP contribution in [0.15, 0.2) is 5.16 Å². The zero-order valence-corrected chi connectivity index (χ0v) is 13.6. The third kappa shape index (κ3) is 5.18. The summed E-state index contributed by atoms with van der Waals surface area (Å²) >= 11 is 1.14. The van der Waals surface area contributed by atoms with E-state index >= 15 is 0 Å². The standard InChI is InChI=1S/C12H22N4O4S/c1-9(7-20-4)16(5-6-19-3)11-13-14-12(15(11)2)21-8-10(17)18/h9H,5-8H2,1-4H3,(H,17,18). The molecule has 0 aliphatic carbocycles. The average Bonchev–Trinajstić information content (AvgIpc) is 2.79. The van der Waals surface area contributed by atoms with Gasteiger partial charge in [-0.2, -0.15) is 0 Å². The SMILES string of the molecule is COCCN(c1nnc(SCC(=O)O)n1C)C(C)COC. The highest BCUT2D eigenvalue weighted by molar-refractivity contribution is 7.99. The lowest BCUT2D eigenvalue weighted by Crippen LogP contribution is -2.40. The minimum absolute atomic E-state index is 0.0440. The van der Waals surface area contributed by atoms with Crippen LogP contribution in [-0.2, 0) is 21.3 Å². The molecule has 0 saturated carbocycles. The summed E-state index contributed by atoms with van der Waals surface area (Å²) in [5, 5.41) is 17.5. The third-order valence-corrected chi connectivity index (χ3v) is 3.87. The first-order valence-corrected chi connectivity index (χ1v) is 7.48. The van der Waals surface area contributed by atoms with E-state index in [-0.39, 0.29) is 11.8 Å². The second-order valence-electron chi connectivity index (χ2n) is 4.51. The zero-order valence-electron chi connectivity index (χ0n) is 12.8. The van der Waals surface area contributed by atoms with Crippen LogP contribution in [0.25, 0.3) is 0 Å². The molecule has 120 valence electrons. The monoisotopic (exact) mass is 318 g/mol. The summed E-state index contributed by atoms with van der Waals surface area (Å²) < 4.78 is 12.1. The van der Waals surface area contributed by atoms with Crippen molar-refractivity contribution in [3.8, 4) is 0 Å². The number of ether oxygens (including phenoxy) is 2. The molecule has 0 bridgehead atoms. The Kier molecular flexibility index (Phi) is 7.48. The van der Waals surface area contributed by atoms with Gasteiger partial charge >= 0.3 is 5.97 Å². The van der Waals surface area contributed by atoms with Crippen molar-refractivity contribution in [3.63, 3.8) is 0 Å². The van der Waals surface area contributed by atoms with E-state index in [9.17, 15) is 4.79 Å². The number of thioether (sulfide) groups is 1. The molecule has 1 atom stereocenters. The van der Waals surface area contributed by atoms with E-state index < -0.39 is 5.97 Å². The summed E-state index contributed by atoms with van der Waals surface area (Å²) in [5.74, 6) is -0.254. The Hall–Kier alpha value is -1.32. The molecule has 0 aliphatic heterocycles. The van der Waals surface area contributed by atoms with E-state index in [0.717, 1.165) is 11.8 Å². The number of nitrogens with zero attached hydrogens (tertiary/aromatic N) is 4. The fourth-order valence-electron chi connectivity index (χ4n) is 1.85. The van der Waals surface area contributed by atoms with E-state index in [0.29, 0.717) is 30.9 Å². The number of anilines is 1. The zero-order chi connectivity index (χ0) is 15.8. The molecular weight excluding hydrogens is 296 g/mol. The second kappa shape index (κ2) is 8.85. The van der Waals surface area contributed by atoms with E-state index in [1.165, 1.54) is 0 Å². The lowest BCUT2D eigenvalue weighted by Gasteiger charge is -2.29. The van der Waals surface area contributed by atoms with Gasteiger partial charge in [0.2, 0.25) is 5.95 Å². The van der Waals surface area contributed by atoms with Crippen LogP contribution in [0.2, 0.25) is 0 Å². The molecule has 0 spiro atoms. The summed E-state index contributed by atoms with van der Waals surface area (Å²) in [7, 11) is 5.11. The van der Waals surface area contributed by atoms with Crippen LogP contribution in [-0.4, -0.2) is 71.6 Å². The normalized spacial score (nSPS) is 12.4. The maximum atomic E-state index is 10.6. The molecule has 1 unspecified atom stereocenters. The summed E-state index contributed by atoms with van der Waals surface area (Å²) in [5.41, 5.74) is 0. The van der Waals surface area contributed by atoms with Gasteiger partial charge in [0, 0.05) is 27.8 Å². The van der Waals surface area contributed by atoms with Gasteiger partial charge < -0.3 is 19.5 Å². The van der Waals surface area contributed by atoms with Crippen LogP contribution in [0, 0.1) is 0 Å². The van der Waals surface area contributed by atoms with Gasteiger partial charge in [-0.25, -0.2) is 0 Å². The van der Waals surface area contributed by atoms with Crippen molar-refractivity contribution in [3.05, 3.63) is 0 Å². The largest absolute Gasteiger partial charge is 0.481 e. The predicted molar refractivity (Wildman–Crippen MR) is 79.9 cm³/mol. The van der Waals surface area contributed by atoms with Gasteiger partial charge in [-0.05, 0) is 6.92 Å². The van der Waals surface area contributed by atoms with Gasteiger partial charge in [-0.15, -0.1) is 10.2 Å². The van der Waals surface area contributed by atoms with Gasteiger partial charge in [0.05, 0.1) is 25.0 Å². The Bertz CT molecular complexity index is 454. The fraction of sp³-hybridized carbons (Fsp3) is 0.750. The minimum Gasteiger partial charge on any atom is -0.481 e. The molecule has 1 aromatic rings. The van der Waals surface area contributed by atoms with Gasteiger partial charge in [0.15, 0.2) is 5.16 Å². The van der Waals surface area contributed by atoms with Crippen LogP contribution in [0.3, 0.4) is 0 Å². The van der Waals surface area contributed by atoms with Gasteiger partial charge in [-0.3, -0.25) is 9.36 Å². The number of hydrogen-bond acceptors (Lipinski definition) is 7. The van der Waals surface area contributed by atoms with E-state index in [4.69, 9.17) is 14.6 Å². The third-order valence-electron chi connectivity index (χ3n) is 2.87. The van der Waals surface area contributed by atoms with Crippen molar-refractivity contribution in [2.24, 2.45) is 7.05 Å². The molecule has 0 fully saturated rings. The predicted octanol–water partition coefficient (Wildman–Crippen LogP) is 0.480. The summed E-state index contributed by atoms with van der Waals surface area (Å²) in [6.07, 6.45) is 0. The molecule has 1 heterocycles. The van der Waals surface area contributed by atoms with Crippen molar-refractivity contribution >= 4 is 23.7 Å².